The maximum atomic E-state index is 13.9. The number of hydrogen-bond donors (Lipinski definition) is 12. The molecule has 3 aliphatic carbocycles. The molecule has 0 bridgehead atoms. The SMILES string of the molecule is C.CCCC(NC(=O)[C@H](CC1CCC1)NC(=O)[C@@H](NC(=O)OCC(C)C)C1CCCCC1)C(=O)C(=O)NCC(=O)N[C@H](C(=O)O)c1ccccc1.CCCC(NC(=O)[C@H](CCOc1ccccc1)NC(=O)[C@@H](NC(=O)OCC(C)C)C1CCCCC1)C(=O)C(=O)NCC(=O)N[C@H](C(=O)O)c1ccccc1. The Hall–Kier alpha value is -9.96. The minimum absolute atomic E-state index is 0. The summed E-state index contributed by atoms with van der Waals surface area (Å²) < 4.78 is 16.4. The van der Waals surface area contributed by atoms with Gasteiger partial charge >= 0.3 is 24.1 Å². The number of carboxylic acids is 2. The fourth-order valence-electron chi connectivity index (χ4n) is 12.2. The zero-order chi connectivity index (χ0) is 76.1. The Bertz CT molecular complexity index is 3310. The van der Waals surface area contributed by atoms with Gasteiger partial charge in [0.05, 0.1) is 45.0 Å². The lowest BCUT2D eigenvalue weighted by atomic mass is 9.80. The highest BCUT2D eigenvalue weighted by Gasteiger charge is 2.39. The molecule has 0 aromatic heterocycles. The molecule has 12 N–H and O–H groups in total. The third-order valence-electron chi connectivity index (χ3n) is 18.0. The van der Waals surface area contributed by atoms with E-state index in [9.17, 15) is 77.3 Å². The number of ketones is 2. The molecule has 6 rings (SSSR count). The first-order valence-electron chi connectivity index (χ1n) is 36.3. The quantitative estimate of drug-likeness (QED) is 0.0263. The molecule has 29 heteroatoms. The number of hydrogen-bond acceptors (Lipinski definition) is 17. The number of carbonyl (C=O) groups is 14. The predicted molar refractivity (Wildman–Crippen MR) is 388 cm³/mol. The molecule has 0 spiro atoms. The number of carboxylic acid groups (broad SMARTS) is 2. The number of amides is 10. The van der Waals surface area contributed by atoms with Crippen molar-refractivity contribution >= 4 is 82.9 Å². The smallest absolute Gasteiger partial charge is 0.407 e. The molecule has 3 saturated carbocycles. The van der Waals surface area contributed by atoms with Crippen LogP contribution in [0, 0.1) is 29.6 Å². The van der Waals surface area contributed by atoms with Gasteiger partial charge in [-0.15, -0.1) is 0 Å². The average molecular weight is 1470 g/mol. The molecule has 2 unspecified atom stereocenters. The van der Waals surface area contributed by atoms with E-state index in [0.717, 1.165) is 70.6 Å². The number of nitrogens with one attached hydrogen (secondary N) is 10. The minimum Gasteiger partial charge on any atom is -0.494 e. The maximum absolute atomic E-state index is 13.9. The second-order valence-corrected chi connectivity index (χ2v) is 27.4. The van der Waals surface area contributed by atoms with Gasteiger partial charge in [0.2, 0.25) is 47.0 Å². The third kappa shape index (κ3) is 31.1. The van der Waals surface area contributed by atoms with Gasteiger partial charge in [0.25, 0.3) is 11.8 Å². The fourth-order valence-corrected chi connectivity index (χ4v) is 12.2. The van der Waals surface area contributed by atoms with E-state index in [4.69, 9.17) is 14.2 Å². The second kappa shape index (κ2) is 46.7. The summed E-state index contributed by atoms with van der Waals surface area (Å²) >= 11 is 0. The van der Waals surface area contributed by atoms with E-state index in [1.807, 2.05) is 33.8 Å². The van der Waals surface area contributed by atoms with Crippen LogP contribution in [0.5, 0.6) is 5.75 Å². The molecular formula is C76H110N10O19. The van der Waals surface area contributed by atoms with E-state index < -0.39 is 144 Å². The summed E-state index contributed by atoms with van der Waals surface area (Å²) in [6.45, 7) is 10.1. The lowest BCUT2D eigenvalue weighted by molar-refractivity contribution is -0.143. The third-order valence-corrected chi connectivity index (χ3v) is 18.0. The van der Waals surface area contributed by atoms with Gasteiger partial charge in [-0.3, -0.25) is 47.9 Å². The molecule has 8 atom stereocenters. The van der Waals surface area contributed by atoms with E-state index >= 15 is 0 Å². The number of alkyl carbamates (subject to hydrolysis) is 2. The first kappa shape index (κ1) is 87.4. The van der Waals surface area contributed by atoms with Crippen molar-refractivity contribution in [2.45, 2.75) is 219 Å². The summed E-state index contributed by atoms with van der Waals surface area (Å²) in [5.41, 5.74) is 0.645. The molecule has 105 heavy (non-hydrogen) atoms. The van der Waals surface area contributed by atoms with Crippen LogP contribution in [0.3, 0.4) is 0 Å². The van der Waals surface area contributed by atoms with Gasteiger partial charge in [-0.05, 0) is 97.8 Å². The van der Waals surface area contributed by atoms with Crippen LogP contribution in [-0.2, 0) is 67.0 Å². The van der Waals surface area contributed by atoms with Crippen molar-refractivity contribution in [3.8, 4) is 5.75 Å². The number of ether oxygens (including phenoxy) is 3. The number of aliphatic carboxylic acids is 2. The monoisotopic (exact) mass is 1470 g/mol. The molecule has 578 valence electrons. The first-order chi connectivity index (χ1) is 49.8. The van der Waals surface area contributed by atoms with Gasteiger partial charge in [0.15, 0.2) is 12.1 Å². The molecule has 0 heterocycles. The van der Waals surface area contributed by atoms with Gasteiger partial charge in [0.1, 0.15) is 29.9 Å². The van der Waals surface area contributed by atoms with E-state index in [-0.39, 0.29) is 76.1 Å². The van der Waals surface area contributed by atoms with Crippen molar-refractivity contribution < 1.29 is 91.5 Å². The normalized spacial score (nSPS) is 15.9. The standard InChI is InChI=1S/C39H53N5O10.C36H53N5O9.CH4/c1-4-14-29(34(46)37(49)40-23-31(45)43-33(38(50)51)27-17-10-6-11-18-27)41-35(47)30(21-22-53-28-19-12-7-13-20-28)42-36(48)32(26-15-8-5-9-16-26)44-39(52)54-24-25(2)3;1-4-12-26(31(43)34(46)37-20-28(42)40-30(35(47)48)25-17-9-6-10-18-25)38-32(44)27(19-23-13-11-14-23)39-33(45)29(24-15-7-5-8-16-24)41-36(49)50-21-22(2)3;/h6-7,10-13,17-20,25-26,29-30,32-33H,4-5,8-9,14-16,21-24H2,1-3H3,(H,40,49)(H,41,47)(H,42,48)(H,43,45)(H,44,52)(H,50,51);6,9-10,17-18,22-24,26-27,29-30H,4-5,7-8,11-16,19-21H2,1-3H3,(H,37,46)(H,38,44)(H,39,45)(H,40,42)(H,41,49)(H,47,48);1H4/t29?,30-,32-,33-;26?,27-,29-,30-;/m00./s1. The highest BCUT2D eigenvalue weighted by molar-refractivity contribution is 6.39. The lowest BCUT2D eigenvalue weighted by Gasteiger charge is -2.33. The topological polar surface area (TPSA) is 427 Å². The van der Waals surface area contributed by atoms with E-state index in [1.165, 1.54) is 24.3 Å². The van der Waals surface area contributed by atoms with E-state index in [1.54, 1.807) is 74.5 Å². The van der Waals surface area contributed by atoms with Gasteiger partial charge < -0.3 is 77.6 Å². The van der Waals surface area contributed by atoms with Gasteiger partial charge in [-0.1, -0.05) is 198 Å². The molecule has 3 aliphatic rings. The van der Waals surface area contributed by atoms with Crippen molar-refractivity contribution in [2.75, 3.05) is 32.9 Å². The van der Waals surface area contributed by atoms with Crippen LogP contribution < -0.4 is 57.9 Å². The van der Waals surface area contributed by atoms with E-state index in [2.05, 4.69) is 53.2 Å². The Morgan fingerprint density at radius 2 is 0.800 bits per heavy atom. The van der Waals surface area contributed by atoms with Crippen LogP contribution in [0.4, 0.5) is 9.59 Å². The van der Waals surface area contributed by atoms with Gasteiger partial charge in [-0.25, -0.2) is 19.2 Å². The van der Waals surface area contributed by atoms with Crippen molar-refractivity contribution in [3.63, 3.8) is 0 Å². The van der Waals surface area contributed by atoms with Crippen LogP contribution in [0.2, 0.25) is 0 Å². The molecule has 0 aliphatic heterocycles. The fraction of sp³-hybridized carbons (Fsp3) is 0.579. The number of para-hydroxylation sites is 1. The molecule has 0 radical (unpaired) electrons. The van der Waals surface area contributed by atoms with E-state index in [0.29, 0.717) is 49.0 Å². The van der Waals surface area contributed by atoms with Crippen molar-refractivity contribution in [3.05, 3.63) is 102 Å². The Morgan fingerprint density at radius 3 is 1.16 bits per heavy atom. The summed E-state index contributed by atoms with van der Waals surface area (Å²) in [5.74, 6) is -10.5. The van der Waals surface area contributed by atoms with Gasteiger partial charge in [-0.2, -0.15) is 0 Å². The molecule has 10 amide bonds. The summed E-state index contributed by atoms with van der Waals surface area (Å²) in [6, 6.07) is 15.4. The van der Waals surface area contributed by atoms with Crippen LogP contribution in [0.1, 0.15) is 194 Å². The first-order valence-corrected chi connectivity index (χ1v) is 36.3. The molecule has 29 nitrogen and oxygen atoms in total. The number of benzene rings is 3. The molecule has 3 fully saturated rings. The lowest BCUT2D eigenvalue weighted by Crippen LogP contribution is -2.59. The molecule has 3 aromatic carbocycles. The summed E-state index contributed by atoms with van der Waals surface area (Å²) in [5, 5.41) is 44.5. The predicted octanol–water partition coefficient (Wildman–Crippen LogP) is 6.72. The second-order valence-electron chi connectivity index (χ2n) is 27.4. The number of carbonyl (C=O) groups excluding carboxylic acids is 12. The van der Waals surface area contributed by atoms with Crippen LogP contribution in [0.15, 0.2) is 91.0 Å². The molecule has 3 aromatic rings. The van der Waals surface area contributed by atoms with Crippen LogP contribution >= 0.6 is 0 Å². The highest BCUT2D eigenvalue weighted by Crippen LogP contribution is 2.32. The largest absolute Gasteiger partial charge is 0.494 e. The summed E-state index contributed by atoms with van der Waals surface area (Å²) in [6.07, 6.45) is 11.2. The zero-order valence-corrected chi connectivity index (χ0v) is 60.5. The van der Waals surface area contributed by atoms with Crippen molar-refractivity contribution in [1.29, 1.82) is 0 Å². The van der Waals surface area contributed by atoms with Crippen molar-refractivity contribution in [1.82, 2.24) is 53.2 Å². The Kier molecular flexibility index (Phi) is 38.9. The van der Waals surface area contributed by atoms with Gasteiger partial charge in [0, 0.05) is 6.42 Å². The highest BCUT2D eigenvalue weighted by atomic mass is 16.6. The molecule has 0 saturated heterocycles. The zero-order valence-electron chi connectivity index (χ0n) is 60.5. The maximum Gasteiger partial charge on any atom is 0.407 e. The molecular weight excluding hydrogens is 1360 g/mol. The number of Topliss-reactive ketones (excluding diaryl/α,β-unsaturated/α-hetero) is 2. The Labute approximate surface area is 614 Å². The summed E-state index contributed by atoms with van der Waals surface area (Å²) in [4.78, 5) is 181. The summed E-state index contributed by atoms with van der Waals surface area (Å²) in [7, 11) is 0. The number of rotatable bonds is 40. The van der Waals surface area contributed by atoms with Crippen LogP contribution in [0.25, 0.3) is 0 Å². The van der Waals surface area contributed by atoms with Crippen molar-refractivity contribution in [2.24, 2.45) is 29.6 Å². The average Bonchev–Trinajstić information content (AvgIpc) is 0.849. The Morgan fingerprint density at radius 1 is 0.429 bits per heavy atom. The Balaban J connectivity index is 0.000000441. The minimum atomic E-state index is -1.38. The van der Waals surface area contributed by atoms with Crippen LogP contribution in [-0.4, -0.2) is 162 Å².